The SMILES string of the molecule is C=CCN(Cc1cccc(OC)c1OC)c1cc(Nc2ccccn2)c([N+](=O)[O-])c2nonc12. The van der Waals surface area contributed by atoms with Crippen molar-refractivity contribution in [3.63, 3.8) is 0 Å². The summed E-state index contributed by atoms with van der Waals surface area (Å²) >= 11 is 0. The molecule has 2 aromatic carbocycles. The Kier molecular flexibility index (Phi) is 6.53. The second-order valence-electron chi connectivity index (χ2n) is 7.17. The second kappa shape index (κ2) is 9.86. The summed E-state index contributed by atoms with van der Waals surface area (Å²) in [5, 5.41) is 22.8. The van der Waals surface area contributed by atoms with Crippen LogP contribution in [-0.4, -0.2) is 41.0 Å². The van der Waals surface area contributed by atoms with Crippen molar-refractivity contribution < 1.29 is 19.0 Å². The lowest BCUT2D eigenvalue weighted by atomic mass is 10.1. The van der Waals surface area contributed by atoms with Gasteiger partial charge in [-0.05, 0) is 34.6 Å². The summed E-state index contributed by atoms with van der Waals surface area (Å²) in [7, 11) is 3.14. The minimum Gasteiger partial charge on any atom is -0.493 e. The topological polar surface area (TPSA) is 129 Å². The number of hydrogen-bond acceptors (Lipinski definition) is 10. The number of hydrogen-bond donors (Lipinski definition) is 1. The van der Waals surface area contributed by atoms with Crippen molar-refractivity contribution in [1.82, 2.24) is 15.3 Å². The third kappa shape index (κ3) is 4.31. The molecule has 0 aliphatic carbocycles. The Bertz CT molecular complexity index is 1320. The number of ether oxygens (including phenoxy) is 2. The van der Waals surface area contributed by atoms with E-state index in [0.29, 0.717) is 36.1 Å². The number of nitro benzene ring substituents is 1. The molecule has 0 saturated heterocycles. The lowest BCUT2D eigenvalue weighted by molar-refractivity contribution is -0.382. The Morgan fingerprint density at radius 1 is 1.18 bits per heavy atom. The summed E-state index contributed by atoms with van der Waals surface area (Å²) in [6.45, 7) is 4.63. The van der Waals surface area contributed by atoms with Gasteiger partial charge in [-0.2, -0.15) is 0 Å². The number of anilines is 3. The summed E-state index contributed by atoms with van der Waals surface area (Å²) in [6.07, 6.45) is 3.31. The molecule has 2 heterocycles. The number of fused-ring (bicyclic) bond motifs is 1. The van der Waals surface area contributed by atoms with E-state index in [1.807, 2.05) is 17.0 Å². The maximum absolute atomic E-state index is 12.0. The van der Waals surface area contributed by atoms with Gasteiger partial charge < -0.3 is 19.7 Å². The molecular formula is C23H22N6O5. The number of para-hydroxylation sites is 1. The van der Waals surface area contributed by atoms with Gasteiger partial charge in [0.2, 0.25) is 5.52 Å². The summed E-state index contributed by atoms with van der Waals surface area (Å²) in [5.41, 5.74) is 1.61. The maximum Gasteiger partial charge on any atom is 0.324 e. The molecule has 0 radical (unpaired) electrons. The van der Waals surface area contributed by atoms with Gasteiger partial charge >= 0.3 is 5.69 Å². The number of pyridine rings is 1. The fourth-order valence-corrected chi connectivity index (χ4v) is 3.70. The molecule has 0 unspecified atom stereocenters. The highest BCUT2D eigenvalue weighted by Gasteiger charge is 2.28. The molecule has 0 aliphatic heterocycles. The van der Waals surface area contributed by atoms with Gasteiger partial charge in [-0.25, -0.2) is 9.61 Å². The number of methoxy groups -OCH3 is 2. The van der Waals surface area contributed by atoms with E-state index < -0.39 is 4.92 Å². The highest BCUT2D eigenvalue weighted by molar-refractivity contribution is 6.00. The van der Waals surface area contributed by atoms with E-state index in [0.717, 1.165) is 5.56 Å². The molecule has 174 valence electrons. The van der Waals surface area contributed by atoms with E-state index in [4.69, 9.17) is 14.1 Å². The zero-order chi connectivity index (χ0) is 24.1. The number of rotatable bonds is 10. The van der Waals surface area contributed by atoms with Crippen LogP contribution in [-0.2, 0) is 6.54 Å². The molecule has 4 aromatic rings. The summed E-state index contributed by atoms with van der Waals surface area (Å²) < 4.78 is 15.9. The average molecular weight is 462 g/mol. The molecule has 11 heteroatoms. The van der Waals surface area contributed by atoms with Gasteiger partial charge in [-0.1, -0.05) is 24.3 Å². The van der Waals surface area contributed by atoms with E-state index >= 15 is 0 Å². The van der Waals surface area contributed by atoms with E-state index in [9.17, 15) is 10.1 Å². The average Bonchev–Trinajstić information content (AvgIpc) is 3.33. The molecule has 2 aromatic heterocycles. The van der Waals surface area contributed by atoms with Crippen LogP contribution in [0.3, 0.4) is 0 Å². The van der Waals surface area contributed by atoms with Gasteiger partial charge in [0.1, 0.15) is 11.5 Å². The van der Waals surface area contributed by atoms with Gasteiger partial charge in [0, 0.05) is 24.8 Å². The lowest BCUT2D eigenvalue weighted by Gasteiger charge is -2.25. The minimum absolute atomic E-state index is 0.0209. The number of benzene rings is 2. The number of nitrogens with one attached hydrogen (secondary N) is 1. The van der Waals surface area contributed by atoms with Crippen LogP contribution in [0.5, 0.6) is 11.5 Å². The van der Waals surface area contributed by atoms with Crippen LogP contribution >= 0.6 is 0 Å². The van der Waals surface area contributed by atoms with Crippen LogP contribution in [0.1, 0.15) is 5.56 Å². The van der Waals surface area contributed by atoms with E-state index in [-0.39, 0.29) is 22.4 Å². The molecular weight excluding hydrogens is 440 g/mol. The van der Waals surface area contributed by atoms with Crippen molar-refractivity contribution in [3.8, 4) is 11.5 Å². The first kappa shape index (κ1) is 22.5. The first-order valence-corrected chi connectivity index (χ1v) is 10.2. The minimum atomic E-state index is -0.523. The Morgan fingerprint density at radius 3 is 2.68 bits per heavy atom. The lowest BCUT2D eigenvalue weighted by Crippen LogP contribution is -2.23. The molecule has 1 N–H and O–H groups in total. The molecule has 0 amide bonds. The molecule has 0 spiro atoms. The first-order chi connectivity index (χ1) is 16.6. The number of aromatic nitrogens is 3. The molecule has 34 heavy (non-hydrogen) atoms. The van der Waals surface area contributed by atoms with Crippen LogP contribution in [0.25, 0.3) is 11.0 Å². The molecule has 0 fully saturated rings. The Hall–Kier alpha value is -4.67. The standard InChI is InChI=1S/C23H22N6O5/c1-4-12-28(14-15-8-7-9-18(32-2)23(15)33-3)17-13-16(25-19-10-5-6-11-24-19)22(29(30)31)21-20(17)26-34-27-21/h4-11,13H,1,12,14H2,2-3H3,(H,24,25). The third-order valence-corrected chi connectivity index (χ3v) is 5.14. The Morgan fingerprint density at radius 2 is 2.00 bits per heavy atom. The van der Waals surface area contributed by atoms with Gasteiger partial charge in [0.05, 0.1) is 24.8 Å². The Balaban J connectivity index is 1.86. The van der Waals surface area contributed by atoms with Crippen LogP contribution in [0, 0.1) is 10.1 Å². The predicted octanol–water partition coefficient (Wildman–Crippen LogP) is 4.48. The number of nitro groups is 1. The van der Waals surface area contributed by atoms with Crippen molar-refractivity contribution in [2.75, 3.05) is 31.0 Å². The van der Waals surface area contributed by atoms with Crippen LogP contribution in [0.15, 0.2) is 65.9 Å². The highest BCUT2D eigenvalue weighted by atomic mass is 16.6. The van der Waals surface area contributed by atoms with Crippen molar-refractivity contribution in [2.24, 2.45) is 0 Å². The quantitative estimate of drug-likeness (QED) is 0.205. The molecule has 11 nitrogen and oxygen atoms in total. The smallest absolute Gasteiger partial charge is 0.324 e. The molecule has 0 aliphatic rings. The normalized spacial score (nSPS) is 10.6. The Labute approximate surface area is 194 Å². The highest BCUT2D eigenvalue weighted by Crippen LogP contribution is 2.41. The predicted molar refractivity (Wildman–Crippen MR) is 127 cm³/mol. The van der Waals surface area contributed by atoms with Crippen molar-refractivity contribution in [2.45, 2.75) is 6.54 Å². The van der Waals surface area contributed by atoms with Gasteiger partial charge in [0.25, 0.3) is 0 Å². The van der Waals surface area contributed by atoms with Gasteiger partial charge in [-0.15, -0.1) is 6.58 Å². The second-order valence-corrected chi connectivity index (χ2v) is 7.17. The van der Waals surface area contributed by atoms with E-state index in [2.05, 4.69) is 27.2 Å². The largest absolute Gasteiger partial charge is 0.493 e. The fraction of sp³-hybridized carbons (Fsp3) is 0.174. The van der Waals surface area contributed by atoms with Crippen LogP contribution in [0.4, 0.5) is 22.9 Å². The van der Waals surface area contributed by atoms with Crippen molar-refractivity contribution in [3.05, 3.63) is 77.0 Å². The van der Waals surface area contributed by atoms with Crippen LogP contribution < -0.4 is 19.7 Å². The van der Waals surface area contributed by atoms with Crippen LogP contribution in [0.2, 0.25) is 0 Å². The zero-order valence-electron chi connectivity index (χ0n) is 18.6. The van der Waals surface area contributed by atoms with Gasteiger partial charge in [-0.3, -0.25) is 10.1 Å². The van der Waals surface area contributed by atoms with E-state index in [1.54, 1.807) is 56.8 Å². The summed E-state index contributed by atoms with van der Waals surface area (Å²) in [6, 6.07) is 12.4. The third-order valence-electron chi connectivity index (χ3n) is 5.14. The zero-order valence-corrected chi connectivity index (χ0v) is 18.6. The van der Waals surface area contributed by atoms with E-state index in [1.165, 1.54) is 0 Å². The molecule has 0 saturated carbocycles. The number of nitrogens with zero attached hydrogens (tertiary/aromatic N) is 5. The van der Waals surface area contributed by atoms with Crippen molar-refractivity contribution >= 4 is 33.9 Å². The first-order valence-electron chi connectivity index (χ1n) is 10.2. The maximum atomic E-state index is 12.0. The van der Waals surface area contributed by atoms with Gasteiger partial charge in [0.15, 0.2) is 17.0 Å². The van der Waals surface area contributed by atoms with Crippen molar-refractivity contribution in [1.29, 1.82) is 0 Å². The molecule has 0 atom stereocenters. The fourth-order valence-electron chi connectivity index (χ4n) is 3.70. The summed E-state index contributed by atoms with van der Waals surface area (Å²) in [5.74, 6) is 1.62. The monoisotopic (exact) mass is 462 g/mol. The molecule has 0 bridgehead atoms. The molecule has 4 rings (SSSR count). The summed E-state index contributed by atoms with van der Waals surface area (Å²) in [4.78, 5) is 17.6.